The second-order valence-corrected chi connectivity index (χ2v) is 6.28. The number of nitrogens with two attached hydrogens (primary N) is 1. The summed E-state index contributed by atoms with van der Waals surface area (Å²) < 4.78 is 0. The molecule has 3 rings (SSSR count). The zero-order valence-corrected chi connectivity index (χ0v) is 12.2. The lowest BCUT2D eigenvalue weighted by Crippen LogP contribution is -2.43. The number of thioether (sulfide) groups is 1. The van der Waals surface area contributed by atoms with Crippen molar-refractivity contribution < 1.29 is 15.0 Å². The standard InChI is InChI=1S/C14H17N3O3S/c15-4-1-5-17-12(14(19)20)13-11(16-17)10-3-2-9(18)6-8(10)7-21-13/h2-3,6,12-13,18H,1,4-5,7,15H2,(H,19,20). The Balaban J connectivity index is 1.97. The number of phenolic OH excluding ortho intramolecular Hbond substituents is 1. The minimum atomic E-state index is -0.856. The number of nitrogens with zero attached hydrogens (tertiary/aromatic N) is 2. The molecule has 2 heterocycles. The van der Waals surface area contributed by atoms with Crippen molar-refractivity contribution in [3.05, 3.63) is 29.3 Å². The van der Waals surface area contributed by atoms with Crippen LogP contribution in [0.5, 0.6) is 5.75 Å². The second kappa shape index (κ2) is 5.57. The van der Waals surface area contributed by atoms with Crippen molar-refractivity contribution in [2.75, 3.05) is 13.1 Å². The lowest BCUT2D eigenvalue weighted by Gasteiger charge is -2.26. The molecule has 6 nitrogen and oxygen atoms in total. The van der Waals surface area contributed by atoms with Crippen molar-refractivity contribution in [3.63, 3.8) is 0 Å². The number of carbonyl (C=O) groups is 1. The molecule has 2 unspecified atom stereocenters. The van der Waals surface area contributed by atoms with E-state index in [1.54, 1.807) is 28.9 Å². The van der Waals surface area contributed by atoms with E-state index in [4.69, 9.17) is 5.73 Å². The highest BCUT2D eigenvalue weighted by molar-refractivity contribution is 8.00. The van der Waals surface area contributed by atoms with E-state index < -0.39 is 12.0 Å². The largest absolute Gasteiger partial charge is 0.508 e. The summed E-state index contributed by atoms with van der Waals surface area (Å²) in [5.74, 6) is 0.0498. The van der Waals surface area contributed by atoms with Gasteiger partial charge >= 0.3 is 5.97 Å². The van der Waals surface area contributed by atoms with Gasteiger partial charge in [0.2, 0.25) is 0 Å². The molecule has 2 atom stereocenters. The fourth-order valence-electron chi connectivity index (χ4n) is 2.77. The monoisotopic (exact) mass is 307 g/mol. The van der Waals surface area contributed by atoms with Gasteiger partial charge in [-0.3, -0.25) is 5.01 Å². The second-order valence-electron chi connectivity index (χ2n) is 5.15. The number of aliphatic carboxylic acids is 1. The summed E-state index contributed by atoms with van der Waals surface area (Å²) in [6.07, 6.45) is 0.709. The van der Waals surface area contributed by atoms with Crippen LogP contribution in [0.25, 0.3) is 0 Å². The predicted octanol–water partition coefficient (Wildman–Crippen LogP) is 0.829. The van der Waals surface area contributed by atoms with E-state index in [1.165, 1.54) is 0 Å². The first kappa shape index (κ1) is 14.2. The minimum absolute atomic E-state index is 0.169. The van der Waals surface area contributed by atoms with Crippen LogP contribution < -0.4 is 5.73 Å². The molecule has 2 aliphatic heterocycles. The maximum absolute atomic E-state index is 11.6. The summed E-state index contributed by atoms with van der Waals surface area (Å²) in [6.45, 7) is 1.05. The number of carboxylic acids is 1. The number of benzene rings is 1. The molecular formula is C14H17N3O3S. The van der Waals surface area contributed by atoms with E-state index in [2.05, 4.69) is 5.10 Å². The number of fused-ring (bicyclic) bond motifs is 3. The van der Waals surface area contributed by atoms with Gasteiger partial charge in [-0.1, -0.05) is 0 Å². The van der Waals surface area contributed by atoms with E-state index in [0.29, 0.717) is 25.3 Å². The quantitative estimate of drug-likeness (QED) is 0.762. The highest BCUT2D eigenvalue weighted by atomic mass is 32.2. The average Bonchev–Trinajstić information content (AvgIpc) is 2.83. The van der Waals surface area contributed by atoms with Crippen molar-refractivity contribution in [2.24, 2.45) is 10.8 Å². The van der Waals surface area contributed by atoms with E-state index >= 15 is 0 Å². The third-order valence-electron chi connectivity index (χ3n) is 3.74. The van der Waals surface area contributed by atoms with Crippen LogP contribution in [0.4, 0.5) is 0 Å². The predicted molar refractivity (Wildman–Crippen MR) is 81.5 cm³/mol. The van der Waals surface area contributed by atoms with Crippen LogP contribution in [0.3, 0.4) is 0 Å². The molecule has 2 aliphatic rings. The molecule has 0 fully saturated rings. The number of phenols is 1. The Labute approximate surface area is 126 Å². The minimum Gasteiger partial charge on any atom is -0.508 e. The Morgan fingerprint density at radius 2 is 2.33 bits per heavy atom. The number of hydrogen-bond acceptors (Lipinski definition) is 6. The van der Waals surface area contributed by atoms with Gasteiger partial charge < -0.3 is 15.9 Å². The highest BCUT2D eigenvalue weighted by Crippen LogP contribution is 2.39. The first-order chi connectivity index (χ1) is 10.1. The molecule has 0 bridgehead atoms. The van der Waals surface area contributed by atoms with E-state index in [9.17, 15) is 15.0 Å². The fourth-order valence-corrected chi connectivity index (χ4v) is 4.14. The maximum atomic E-state index is 11.6. The summed E-state index contributed by atoms with van der Waals surface area (Å²) in [5.41, 5.74) is 8.25. The summed E-state index contributed by atoms with van der Waals surface area (Å²) in [5, 5.41) is 25.1. The van der Waals surface area contributed by atoms with Gasteiger partial charge in [-0.25, -0.2) is 4.79 Å². The van der Waals surface area contributed by atoms with Gasteiger partial charge in [0.1, 0.15) is 5.75 Å². The van der Waals surface area contributed by atoms with Crippen molar-refractivity contribution in [2.45, 2.75) is 23.5 Å². The van der Waals surface area contributed by atoms with Crippen LogP contribution in [0.15, 0.2) is 23.3 Å². The van der Waals surface area contributed by atoms with Crippen LogP contribution in [-0.2, 0) is 10.5 Å². The molecule has 112 valence electrons. The summed E-state index contributed by atoms with van der Waals surface area (Å²) in [7, 11) is 0. The molecule has 21 heavy (non-hydrogen) atoms. The van der Waals surface area contributed by atoms with E-state index in [-0.39, 0.29) is 11.0 Å². The SMILES string of the molecule is NCCCN1N=C2c3ccc(O)cc3CSC2C1C(=O)O. The number of aromatic hydroxyl groups is 1. The summed E-state index contributed by atoms with van der Waals surface area (Å²) in [4.78, 5) is 11.6. The third kappa shape index (κ3) is 2.47. The Morgan fingerprint density at radius 3 is 3.05 bits per heavy atom. The lowest BCUT2D eigenvalue weighted by molar-refractivity contribution is -0.142. The molecule has 7 heteroatoms. The van der Waals surface area contributed by atoms with Gasteiger partial charge in [0.05, 0.1) is 11.0 Å². The number of rotatable bonds is 4. The molecule has 0 amide bonds. The van der Waals surface area contributed by atoms with Gasteiger partial charge in [-0.15, -0.1) is 11.8 Å². The van der Waals surface area contributed by atoms with E-state index in [1.807, 2.05) is 6.07 Å². The van der Waals surface area contributed by atoms with Gasteiger partial charge in [0.25, 0.3) is 0 Å². The molecule has 0 saturated heterocycles. The normalized spacial score (nSPS) is 23.5. The Bertz CT molecular complexity index is 605. The van der Waals surface area contributed by atoms with Crippen LogP contribution in [0, 0.1) is 0 Å². The fraction of sp³-hybridized carbons (Fsp3) is 0.429. The van der Waals surface area contributed by atoms with Crippen molar-refractivity contribution in [3.8, 4) is 5.75 Å². The molecule has 1 aromatic rings. The summed E-state index contributed by atoms with van der Waals surface area (Å²) in [6, 6.07) is 4.52. The Morgan fingerprint density at radius 1 is 1.52 bits per heavy atom. The van der Waals surface area contributed by atoms with Crippen molar-refractivity contribution >= 4 is 23.4 Å². The molecule has 0 radical (unpaired) electrons. The Kier molecular flexibility index (Phi) is 3.77. The van der Waals surface area contributed by atoms with E-state index in [0.717, 1.165) is 16.8 Å². The van der Waals surface area contributed by atoms with Crippen molar-refractivity contribution in [1.82, 2.24) is 5.01 Å². The zero-order chi connectivity index (χ0) is 15.0. The number of hydrazone groups is 1. The van der Waals surface area contributed by atoms with Crippen LogP contribution in [0.2, 0.25) is 0 Å². The van der Waals surface area contributed by atoms with Gasteiger partial charge in [0.15, 0.2) is 6.04 Å². The molecule has 0 saturated carbocycles. The molecule has 0 spiro atoms. The molecule has 4 N–H and O–H groups in total. The molecule has 0 aromatic heterocycles. The van der Waals surface area contributed by atoms with Crippen LogP contribution in [0.1, 0.15) is 17.5 Å². The highest BCUT2D eigenvalue weighted by Gasteiger charge is 2.45. The van der Waals surface area contributed by atoms with Crippen molar-refractivity contribution in [1.29, 1.82) is 0 Å². The van der Waals surface area contributed by atoms with Gasteiger partial charge in [-0.2, -0.15) is 5.10 Å². The lowest BCUT2D eigenvalue weighted by atomic mass is 9.98. The maximum Gasteiger partial charge on any atom is 0.329 e. The molecule has 0 aliphatic carbocycles. The molecule has 1 aromatic carbocycles. The number of carboxylic acid groups (broad SMARTS) is 1. The molecular weight excluding hydrogens is 290 g/mol. The first-order valence-corrected chi connectivity index (χ1v) is 7.88. The van der Waals surface area contributed by atoms with Gasteiger partial charge in [-0.05, 0) is 36.7 Å². The zero-order valence-electron chi connectivity index (χ0n) is 11.4. The number of hydrogen-bond donors (Lipinski definition) is 3. The topological polar surface area (TPSA) is 99.1 Å². The first-order valence-electron chi connectivity index (χ1n) is 6.83. The Hall–Kier alpha value is -1.73. The smallest absolute Gasteiger partial charge is 0.329 e. The van der Waals surface area contributed by atoms with Crippen LogP contribution >= 0.6 is 11.8 Å². The average molecular weight is 307 g/mol. The summed E-state index contributed by atoms with van der Waals surface area (Å²) >= 11 is 1.56. The third-order valence-corrected chi connectivity index (χ3v) is 5.06. The van der Waals surface area contributed by atoms with Crippen LogP contribution in [-0.4, -0.2) is 51.3 Å². The van der Waals surface area contributed by atoms with Gasteiger partial charge in [0, 0.05) is 17.9 Å².